The Kier molecular flexibility index (Phi) is 1.82. The van der Waals surface area contributed by atoms with Crippen molar-refractivity contribution in [1.29, 1.82) is 5.26 Å². The summed E-state index contributed by atoms with van der Waals surface area (Å²) in [5.41, 5.74) is 3.15. The number of hydrogen-bond acceptors (Lipinski definition) is 2. The van der Waals surface area contributed by atoms with E-state index >= 15 is 0 Å². The van der Waals surface area contributed by atoms with E-state index in [4.69, 9.17) is 5.26 Å². The van der Waals surface area contributed by atoms with Gasteiger partial charge in [0.25, 0.3) is 0 Å². The average molecular weight is 187 g/mol. The number of thiophene rings is 1. The second-order valence-corrected chi connectivity index (χ2v) is 4.11. The molecule has 0 radical (unpaired) electrons. The third kappa shape index (κ3) is 1.22. The van der Waals surface area contributed by atoms with Gasteiger partial charge in [-0.25, -0.2) is 0 Å². The minimum Gasteiger partial charge on any atom is -0.192 e. The second kappa shape index (κ2) is 2.86. The fraction of sp³-hybridized carbons (Fsp3) is 0.182. The molecule has 2 rings (SSSR count). The van der Waals surface area contributed by atoms with Crippen LogP contribution < -0.4 is 0 Å². The molecule has 0 aliphatic carbocycles. The lowest BCUT2D eigenvalue weighted by Crippen LogP contribution is -1.80. The van der Waals surface area contributed by atoms with E-state index < -0.39 is 0 Å². The third-order valence-electron chi connectivity index (χ3n) is 2.23. The van der Waals surface area contributed by atoms with Crippen LogP contribution in [0.5, 0.6) is 0 Å². The summed E-state index contributed by atoms with van der Waals surface area (Å²) in [6.07, 6.45) is 0. The Labute approximate surface area is 81.2 Å². The molecule has 64 valence electrons. The van der Waals surface area contributed by atoms with Gasteiger partial charge in [-0.3, -0.25) is 0 Å². The zero-order chi connectivity index (χ0) is 9.42. The molecule has 0 atom stereocenters. The van der Waals surface area contributed by atoms with Crippen molar-refractivity contribution in [2.45, 2.75) is 13.8 Å². The van der Waals surface area contributed by atoms with Crippen molar-refractivity contribution in [1.82, 2.24) is 0 Å². The van der Waals surface area contributed by atoms with Crippen LogP contribution >= 0.6 is 11.3 Å². The molecule has 2 heteroatoms. The fourth-order valence-electron chi connectivity index (χ4n) is 1.43. The molecular formula is C11H9NS. The largest absolute Gasteiger partial charge is 0.192 e. The number of benzene rings is 1. The first-order valence-corrected chi connectivity index (χ1v) is 4.99. The Morgan fingerprint density at radius 2 is 2.00 bits per heavy atom. The summed E-state index contributed by atoms with van der Waals surface area (Å²) in [5, 5.41) is 12.2. The molecule has 0 bridgehead atoms. The van der Waals surface area contributed by atoms with E-state index in [2.05, 4.69) is 24.4 Å². The summed E-state index contributed by atoms with van der Waals surface area (Å²) in [6.45, 7) is 4.08. The van der Waals surface area contributed by atoms with Gasteiger partial charge in [0.15, 0.2) is 0 Å². The summed E-state index contributed by atoms with van der Waals surface area (Å²) in [5.74, 6) is 0. The average Bonchev–Trinajstić information content (AvgIpc) is 2.47. The summed E-state index contributed by atoms with van der Waals surface area (Å²) >= 11 is 1.70. The zero-order valence-electron chi connectivity index (χ0n) is 7.59. The predicted octanol–water partition coefficient (Wildman–Crippen LogP) is 3.39. The Bertz CT molecular complexity index is 503. The van der Waals surface area contributed by atoms with E-state index in [1.165, 1.54) is 15.6 Å². The number of fused-ring (bicyclic) bond motifs is 1. The van der Waals surface area contributed by atoms with Gasteiger partial charge in [0.05, 0.1) is 11.6 Å². The van der Waals surface area contributed by atoms with Gasteiger partial charge in [0.1, 0.15) is 0 Å². The quantitative estimate of drug-likeness (QED) is 0.620. The predicted molar refractivity (Wildman–Crippen MR) is 56.0 cm³/mol. The molecule has 0 saturated heterocycles. The van der Waals surface area contributed by atoms with Gasteiger partial charge in [0, 0.05) is 4.70 Å². The van der Waals surface area contributed by atoms with Crippen molar-refractivity contribution in [2.75, 3.05) is 0 Å². The molecule has 1 nitrogen and oxygen atoms in total. The maximum Gasteiger partial charge on any atom is 0.0994 e. The second-order valence-electron chi connectivity index (χ2n) is 3.19. The molecule has 0 unspecified atom stereocenters. The molecule has 0 fully saturated rings. The minimum absolute atomic E-state index is 0.786. The lowest BCUT2D eigenvalue weighted by Gasteiger charge is -1.97. The summed E-state index contributed by atoms with van der Waals surface area (Å²) in [7, 11) is 0. The first-order chi connectivity index (χ1) is 6.22. The van der Waals surface area contributed by atoms with Gasteiger partial charge in [-0.05, 0) is 47.9 Å². The summed E-state index contributed by atoms with van der Waals surface area (Å²) < 4.78 is 1.21. The smallest absolute Gasteiger partial charge is 0.0994 e. The number of rotatable bonds is 0. The molecule has 1 aromatic heterocycles. The van der Waals surface area contributed by atoms with E-state index in [-0.39, 0.29) is 0 Å². The van der Waals surface area contributed by atoms with Crippen molar-refractivity contribution in [3.63, 3.8) is 0 Å². The van der Waals surface area contributed by atoms with Crippen LogP contribution in [-0.2, 0) is 0 Å². The SMILES string of the molecule is Cc1cc2c(C)csc2cc1C#N. The Morgan fingerprint density at radius 1 is 1.23 bits per heavy atom. The first-order valence-electron chi connectivity index (χ1n) is 4.11. The van der Waals surface area contributed by atoms with Crippen molar-refractivity contribution in [2.24, 2.45) is 0 Å². The first kappa shape index (κ1) is 8.28. The highest BCUT2D eigenvalue weighted by Gasteiger charge is 2.03. The van der Waals surface area contributed by atoms with Crippen molar-refractivity contribution in [3.8, 4) is 6.07 Å². The van der Waals surface area contributed by atoms with Gasteiger partial charge in [0.2, 0.25) is 0 Å². The van der Waals surface area contributed by atoms with E-state index in [1.54, 1.807) is 11.3 Å². The van der Waals surface area contributed by atoms with E-state index in [9.17, 15) is 0 Å². The highest BCUT2D eigenvalue weighted by Crippen LogP contribution is 2.27. The molecule has 13 heavy (non-hydrogen) atoms. The van der Waals surface area contributed by atoms with Crippen LogP contribution in [-0.4, -0.2) is 0 Å². The molecule has 0 aliphatic rings. The van der Waals surface area contributed by atoms with Gasteiger partial charge in [-0.15, -0.1) is 11.3 Å². The number of hydrogen-bond donors (Lipinski definition) is 0. The topological polar surface area (TPSA) is 23.8 Å². The molecular weight excluding hydrogens is 178 g/mol. The fourth-order valence-corrected chi connectivity index (χ4v) is 2.39. The molecule has 1 heterocycles. The van der Waals surface area contributed by atoms with Crippen LogP contribution in [0.1, 0.15) is 16.7 Å². The number of aryl methyl sites for hydroxylation is 2. The lowest BCUT2D eigenvalue weighted by molar-refractivity contribution is 1.41. The molecule has 0 amide bonds. The van der Waals surface area contributed by atoms with Crippen molar-refractivity contribution in [3.05, 3.63) is 34.2 Å². The third-order valence-corrected chi connectivity index (χ3v) is 3.30. The molecule has 0 aliphatic heterocycles. The normalized spacial score (nSPS) is 10.2. The van der Waals surface area contributed by atoms with Crippen molar-refractivity contribution >= 4 is 21.4 Å². The van der Waals surface area contributed by atoms with Gasteiger partial charge >= 0.3 is 0 Å². The van der Waals surface area contributed by atoms with E-state index in [0.717, 1.165) is 11.1 Å². The van der Waals surface area contributed by atoms with E-state index in [0.29, 0.717) is 0 Å². The maximum atomic E-state index is 8.84. The highest BCUT2D eigenvalue weighted by atomic mass is 32.1. The maximum absolute atomic E-state index is 8.84. The van der Waals surface area contributed by atoms with Crippen LogP contribution in [0.3, 0.4) is 0 Å². The van der Waals surface area contributed by atoms with Crippen LogP contribution in [0.4, 0.5) is 0 Å². The Balaban J connectivity index is 2.85. The Morgan fingerprint density at radius 3 is 2.69 bits per heavy atom. The molecule has 0 saturated carbocycles. The zero-order valence-corrected chi connectivity index (χ0v) is 8.40. The highest BCUT2D eigenvalue weighted by molar-refractivity contribution is 7.17. The summed E-state index contributed by atoms with van der Waals surface area (Å²) in [4.78, 5) is 0. The molecule has 1 aromatic carbocycles. The van der Waals surface area contributed by atoms with E-state index in [1.807, 2.05) is 13.0 Å². The van der Waals surface area contributed by atoms with Gasteiger partial charge in [-0.1, -0.05) is 0 Å². The van der Waals surface area contributed by atoms with Gasteiger partial charge in [-0.2, -0.15) is 5.26 Å². The summed E-state index contributed by atoms with van der Waals surface area (Å²) in [6, 6.07) is 6.27. The molecule has 2 aromatic rings. The number of nitriles is 1. The van der Waals surface area contributed by atoms with Crippen molar-refractivity contribution < 1.29 is 0 Å². The lowest BCUT2D eigenvalue weighted by atomic mass is 10.1. The minimum atomic E-state index is 0.786. The monoisotopic (exact) mass is 187 g/mol. The van der Waals surface area contributed by atoms with Crippen LogP contribution in [0.2, 0.25) is 0 Å². The Hall–Kier alpha value is -1.33. The standard InChI is InChI=1S/C11H9NS/c1-7-3-10-8(2)6-13-11(10)4-9(7)5-12/h3-4,6H,1-2H3. The van der Waals surface area contributed by atoms with Crippen LogP contribution in [0, 0.1) is 25.2 Å². The van der Waals surface area contributed by atoms with Crippen LogP contribution in [0.15, 0.2) is 17.5 Å². The van der Waals surface area contributed by atoms with Crippen LogP contribution in [0.25, 0.3) is 10.1 Å². The van der Waals surface area contributed by atoms with Gasteiger partial charge < -0.3 is 0 Å². The molecule has 0 spiro atoms. The molecule has 0 N–H and O–H groups in total. The number of nitrogens with zero attached hydrogens (tertiary/aromatic N) is 1.